The third-order valence-corrected chi connectivity index (χ3v) is 7.11. The Morgan fingerprint density at radius 1 is 0.971 bits per heavy atom. The molecule has 0 radical (unpaired) electrons. The molecule has 1 aromatic heterocycles. The first-order chi connectivity index (χ1) is 16.4. The first kappa shape index (κ1) is 23.6. The van der Waals surface area contributed by atoms with Gasteiger partial charge in [0.15, 0.2) is 4.34 Å². The number of carbonyl (C=O) groups excluding carboxylic acids is 2. The van der Waals surface area contributed by atoms with Gasteiger partial charge in [-0.25, -0.2) is 4.98 Å². The molecule has 2 N–H and O–H groups in total. The summed E-state index contributed by atoms with van der Waals surface area (Å²) in [6.45, 7) is 1.98. The smallest absolute Gasteiger partial charge is 0.255 e. The molecular formula is C25H23N3O4S2. The fraction of sp³-hybridized carbons (Fsp3) is 0.160. The summed E-state index contributed by atoms with van der Waals surface area (Å²) >= 11 is 2.83. The second kappa shape index (κ2) is 10.6. The molecule has 4 aromatic rings. The minimum absolute atomic E-state index is 0.164. The number of fused-ring (bicyclic) bond motifs is 1. The third kappa shape index (κ3) is 5.67. The SMILES string of the molecule is COc1ccc(OC)c(NC(=O)CSc2nc3ccc(NC(=O)c4ccc(C)cc4)cc3s2)c1. The highest BCUT2D eigenvalue weighted by Gasteiger charge is 2.13. The summed E-state index contributed by atoms with van der Waals surface area (Å²) in [6, 6.07) is 18.2. The average molecular weight is 494 g/mol. The summed E-state index contributed by atoms with van der Waals surface area (Å²) < 4.78 is 12.2. The molecule has 0 unspecified atom stereocenters. The molecule has 174 valence electrons. The Kier molecular flexibility index (Phi) is 7.34. The van der Waals surface area contributed by atoms with Crippen LogP contribution in [0.5, 0.6) is 11.5 Å². The molecule has 2 amide bonds. The molecule has 7 nitrogen and oxygen atoms in total. The van der Waals surface area contributed by atoms with Crippen LogP contribution in [0.2, 0.25) is 0 Å². The van der Waals surface area contributed by atoms with E-state index in [-0.39, 0.29) is 17.6 Å². The number of methoxy groups -OCH3 is 2. The zero-order valence-electron chi connectivity index (χ0n) is 18.9. The highest BCUT2D eigenvalue weighted by Crippen LogP contribution is 2.32. The van der Waals surface area contributed by atoms with Gasteiger partial charge in [0, 0.05) is 17.3 Å². The molecule has 9 heteroatoms. The molecule has 0 fully saturated rings. The summed E-state index contributed by atoms with van der Waals surface area (Å²) in [6.07, 6.45) is 0. The molecule has 0 saturated carbocycles. The summed E-state index contributed by atoms with van der Waals surface area (Å²) in [5, 5.41) is 5.78. The van der Waals surface area contributed by atoms with E-state index in [2.05, 4.69) is 15.6 Å². The maximum absolute atomic E-state index is 12.5. The van der Waals surface area contributed by atoms with Crippen molar-refractivity contribution in [2.75, 3.05) is 30.6 Å². The Balaban J connectivity index is 1.39. The van der Waals surface area contributed by atoms with Crippen molar-refractivity contribution in [2.24, 2.45) is 0 Å². The number of thiazole rings is 1. The average Bonchev–Trinajstić information content (AvgIpc) is 3.25. The predicted molar refractivity (Wildman–Crippen MR) is 138 cm³/mol. The van der Waals surface area contributed by atoms with Gasteiger partial charge in [-0.3, -0.25) is 9.59 Å². The number of nitrogens with zero attached hydrogens (tertiary/aromatic N) is 1. The zero-order chi connectivity index (χ0) is 24.1. The van der Waals surface area contributed by atoms with E-state index in [1.807, 2.05) is 37.3 Å². The number of aromatic nitrogens is 1. The van der Waals surface area contributed by atoms with Gasteiger partial charge in [0.1, 0.15) is 11.5 Å². The molecular weight excluding hydrogens is 470 g/mol. The van der Waals surface area contributed by atoms with Crippen molar-refractivity contribution in [1.82, 2.24) is 4.98 Å². The fourth-order valence-electron chi connectivity index (χ4n) is 3.18. The van der Waals surface area contributed by atoms with Gasteiger partial charge < -0.3 is 20.1 Å². The first-order valence-corrected chi connectivity index (χ1v) is 12.2. The zero-order valence-corrected chi connectivity index (χ0v) is 20.5. The lowest BCUT2D eigenvalue weighted by Gasteiger charge is -2.11. The lowest BCUT2D eigenvalue weighted by atomic mass is 10.1. The number of carbonyl (C=O) groups is 2. The number of rotatable bonds is 8. The number of aryl methyl sites for hydroxylation is 1. The van der Waals surface area contributed by atoms with Crippen molar-refractivity contribution in [3.05, 3.63) is 71.8 Å². The molecule has 0 atom stereocenters. The van der Waals surface area contributed by atoms with E-state index in [0.29, 0.717) is 28.4 Å². The Morgan fingerprint density at radius 2 is 1.76 bits per heavy atom. The Hall–Kier alpha value is -3.56. The van der Waals surface area contributed by atoms with Gasteiger partial charge >= 0.3 is 0 Å². The van der Waals surface area contributed by atoms with E-state index in [1.54, 1.807) is 44.6 Å². The minimum Gasteiger partial charge on any atom is -0.497 e. The van der Waals surface area contributed by atoms with Crippen LogP contribution in [0.1, 0.15) is 15.9 Å². The first-order valence-electron chi connectivity index (χ1n) is 10.4. The number of hydrogen-bond acceptors (Lipinski definition) is 7. The summed E-state index contributed by atoms with van der Waals surface area (Å²) in [4.78, 5) is 29.6. The van der Waals surface area contributed by atoms with Gasteiger partial charge in [0.05, 0.1) is 35.9 Å². The van der Waals surface area contributed by atoms with Gasteiger partial charge in [-0.2, -0.15) is 0 Å². The van der Waals surface area contributed by atoms with Crippen molar-refractivity contribution in [2.45, 2.75) is 11.3 Å². The largest absolute Gasteiger partial charge is 0.497 e. The van der Waals surface area contributed by atoms with Crippen LogP contribution < -0.4 is 20.1 Å². The summed E-state index contributed by atoms with van der Waals surface area (Å²) in [5.41, 5.74) is 3.76. The summed E-state index contributed by atoms with van der Waals surface area (Å²) in [7, 11) is 3.11. The van der Waals surface area contributed by atoms with E-state index in [0.717, 1.165) is 20.1 Å². The highest BCUT2D eigenvalue weighted by atomic mass is 32.2. The van der Waals surface area contributed by atoms with E-state index < -0.39 is 0 Å². The van der Waals surface area contributed by atoms with Crippen molar-refractivity contribution >= 4 is 56.5 Å². The van der Waals surface area contributed by atoms with E-state index in [9.17, 15) is 9.59 Å². The number of thioether (sulfide) groups is 1. The highest BCUT2D eigenvalue weighted by molar-refractivity contribution is 8.01. The number of nitrogens with one attached hydrogen (secondary N) is 2. The number of anilines is 2. The lowest BCUT2D eigenvalue weighted by Crippen LogP contribution is -2.14. The van der Waals surface area contributed by atoms with Crippen molar-refractivity contribution in [3.63, 3.8) is 0 Å². The second-order valence-electron chi connectivity index (χ2n) is 7.39. The van der Waals surface area contributed by atoms with Crippen molar-refractivity contribution in [3.8, 4) is 11.5 Å². The van der Waals surface area contributed by atoms with Crippen LogP contribution in [0, 0.1) is 6.92 Å². The van der Waals surface area contributed by atoms with Gasteiger partial charge in [-0.15, -0.1) is 11.3 Å². The van der Waals surface area contributed by atoms with Crippen LogP contribution >= 0.6 is 23.1 Å². The molecule has 0 saturated heterocycles. The number of benzene rings is 3. The molecule has 4 rings (SSSR count). The molecule has 0 bridgehead atoms. The maximum Gasteiger partial charge on any atom is 0.255 e. The van der Waals surface area contributed by atoms with Gasteiger partial charge in [0.25, 0.3) is 5.91 Å². The Morgan fingerprint density at radius 3 is 2.50 bits per heavy atom. The van der Waals surface area contributed by atoms with Crippen molar-refractivity contribution < 1.29 is 19.1 Å². The van der Waals surface area contributed by atoms with Crippen LogP contribution in [-0.4, -0.2) is 36.8 Å². The topological polar surface area (TPSA) is 89.6 Å². The molecule has 0 aliphatic carbocycles. The van der Waals surface area contributed by atoms with Crippen LogP contribution in [0.15, 0.2) is 65.0 Å². The number of ether oxygens (including phenoxy) is 2. The molecule has 0 spiro atoms. The number of hydrogen-bond donors (Lipinski definition) is 2. The van der Waals surface area contributed by atoms with Crippen LogP contribution in [0.25, 0.3) is 10.2 Å². The second-order valence-corrected chi connectivity index (χ2v) is 9.64. The predicted octanol–water partition coefficient (Wildman–Crippen LogP) is 5.61. The molecule has 3 aromatic carbocycles. The van der Waals surface area contributed by atoms with Crippen molar-refractivity contribution in [1.29, 1.82) is 0 Å². The van der Waals surface area contributed by atoms with E-state index in [1.165, 1.54) is 23.1 Å². The molecule has 0 aliphatic rings. The Bertz CT molecular complexity index is 1340. The van der Waals surface area contributed by atoms with Gasteiger partial charge in [0.2, 0.25) is 5.91 Å². The van der Waals surface area contributed by atoms with Gasteiger partial charge in [-0.05, 0) is 49.4 Å². The molecule has 1 heterocycles. The van der Waals surface area contributed by atoms with Gasteiger partial charge in [-0.1, -0.05) is 29.5 Å². The maximum atomic E-state index is 12.5. The lowest BCUT2D eigenvalue weighted by molar-refractivity contribution is -0.113. The standard InChI is InChI=1S/C25H23N3O4S2/c1-15-4-6-16(7-5-15)24(30)26-17-8-10-19-22(12-17)34-25(28-19)33-14-23(29)27-20-13-18(31-2)9-11-21(20)32-3/h4-13H,14H2,1-3H3,(H,26,30)(H,27,29). The monoisotopic (exact) mass is 493 g/mol. The summed E-state index contributed by atoms with van der Waals surface area (Å²) in [5.74, 6) is 1.03. The van der Waals surface area contributed by atoms with E-state index >= 15 is 0 Å². The Labute approximate surface area is 205 Å². The third-order valence-electron chi connectivity index (χ3n) is 4.95. The number of amides is 2. The molecule has 34 heavy (non-hydrogen) atoms. The van der Waals surface area contributed by atoms with Crippen LogP contribution in [0.3, 0.4) is 0 Å². The quantitative estimate of drug-likeness (QED) is 0.310. The van der Waals surface area contributed by atoms with Crippen LogP contribution in [-0.2, 0) is 4.79 Å². The van der Waals surface area contributed by atoms with E-state index in [4.69, 9.17) is 9.47 Å². The minimum atomic E-state index is -0.179. The molecule has 0 aliphatic heterocycles. The normalized spacial score (nSPS) is 10.7. The fourth-order valence-corrected chi connectivity index (χ4v) is 5.08. The van der Waals surface area contributed by atoms with Crippen LogP contribution in [0.4, 0.5) is 11.4 Å².